The number of nitrogens with zero attached hydrogens (tertiary/aromatic N) is 1. The van der Waals surface area contributed by atoms with Gasteiger partial charge in [-0.15, -0.1) is 10.1 Å². The molecule has 0 aliphatic rings. The first-order valence-corrected chi connectivity index (χ1v) is 2.98. The third-order valence-electron chi connectivity index (χ3n) is 1.07. The second kappa shape index (κ2) is 3.55. The first-order chi connectivity index (χ1) is 5.29. The summed E-state index contributed by atoms with van der Waals surface area (Å²) in [5, 5.41) is 8.87. The van der Waals surface area contributed by atoms with Crippen molar-refractivity contribution < 1.29 is 9.92 Å². The van der Waals surface area contributed by atoms with Gasteiger partial charge in [-0.2, -0.15) is 0 Å². The van der Waals surface area contributed by atoms with Gasteiger partial charge in [-0.05, 0) is 5.56 Å². The van der Waals surface area contributed by atoms with E-state index in [0.717, 1.165) is 6.61 Å². The SMILES string of the molecule is O=[N+]([O-])O[CH]c1ccccc1. The third-order valence-corrected chi connectivity index (χ3v) is 1.07. The van der Waals surface area contributed by atoms with Crippen molar-refractivity contribution in [3.05, 3.63) is 52.6 Å². The van der Waals surface area contributed by atoms with Crippen molar-refractivity contribution in [3.8, 4) is 0 Å². The molecule has 1 radical (unpaired) electrons. The Balaban J connectivity index is 2.45. The van der Waals surface area contributed by atoms with Crippen molar-refractivity contribution >= 4 is 0 Å². The summed E-state index contributed by atoms with van der Waals surface area (Å²) in [6.45, 7) is 1.08. The van der Waals surface area contributed by atoms with Crippen LogP contribution in [0.25, 0.3) is 0 Å². The summed E-state index contributed by atoms with van der Waals surface area (Å²) in [5.74, 6) is 0. The van der Waals surface area contributed by atoms with E-state index in [2.05, 4.69) is 4.84 Å². The van der Waals surface area contributed by atoms with E-state index in [1.165, 1.54) is 0 Å². The fourth-order valence-corrected chi connectivity index (χ4v) is 0.635. The lowest BCUT2D eigenvalue weighted by Gasteiger charge is -1.95. The molecule has 11 heavy (non-hydrogen) atoms. The molecule has 0 aliphatic carbocycles. The summed E-state index contributed by atoms with van der Waals surface area (Å²) in [6.07, 6.45) is 0. The molecule has 57 valence electrons. The summed E-state index contributed by atoms with van der Waals surface area (Å²) in [4.78, 5) is 13.7. The fraction of sp³-hybridized carbons (Fsp3) is 0. The minimum atomic E-state index is -0.854. The summed E-state index contributed by atoms with van der Waals surface area (Å²) < 4.78 is 0. The van der Waals surface area contributed by atoms with Gasteiger partial charge in [0.15, 0.2) is 6.61 Å². The smallest absolute Gasteiger partial charge is 0.295 e. The van der Waals surface area contributed by atoms with Crippen molar-refractivity contribution in [2.24, 2.45) is 0 Å². The summed E-state index contributed by atoms with van der Waals surface area (Å²) >= 11 is 0. The molecule has 0 fully saturated rings. The van der Waals surface area contributed by atoms with E-state index >= 15 is 0 Å². The molecule has 1 aromatic carbocycles. The maximum atomic E-state index is 9.72. The van der Waals surface area contributed by atoms with Crippen molar-refractivity contribution in [2.75, 3.05) is 0 Å². The number of benzene rings is 1. The molecule has 0 spiro atoms. The minimum Gasteiger partial charge on any atom is -0.303 e. The Morgan fingerprint density at radius 3 is 2.55 bits per heavy atom. The van der Waals surface area contributed by atoms with Gasteiger partial charge in [0.25, 0.3) is 5.09 Å². The predicted octanol–water partition coefficient (Wildman–Crippen LogP) is 1.40. The van der Waals surface area contributed by atoms with Crippen molar-refractivity contribution in [1.29, 1.82) is 0 Å². The lowest BCUT2D eigenvalue weighted by molar-refractivity contribution is -0.744. The quantitative estimate of drug-likeness (QED) is 0.486. The average molecular weight is 152 g/mol. The third kappa shape index (κ3) is 2.66. The highest BCUT2D eigenvalue weighted by Crippen LogP contribution is 2.01. The Morgan fingerprint density at radius 2 is 2.00 bits per heavy atom. The van der Waals surface area contributed by atoms with Gasteiger partial charge in [0.1, 0.15) is 0 Å². The molecule has 0 N–H and O–H groups in total. The zero-order valence-corrected chi connectivity index (χ0v) is 5.64. The average Bonchev–Trinajstić information content (AvgIpc) is 2.03. The van der Waals surface area contributed by atoms with Gasteiger partial charge in [0.05, 0.1) is 0 Å². The first kappa shape index (κ1) is 7.53. The van der Waals surface area contributed by atoms with Gasteiger partial charge in [0.2, 0.25) is 0 Å². The maximum absolute atomic E-state index is 9.72. The number of rotatable bonds is 3. The van der Waals surface area contributed by atoms with E-state index < -0.39 is 5.09 Å². The fourth-order valence-electron chi connectivity index (χ4n) is 0.635. The molecular formula is C7H6NO3. The molecule has 1 rings (SSSR count). The van der Waals surface area contributed by atoms with Crippen LogP contribution < -0.4 is 0 Å². The highest BCUT2D eigenvalue weighted by molar-refractivity contribution is 5.19. The summed E-state index contributed by atoms with van der Waals surface area (Å²) in [5.41, 5.74) is 0.671. The lowest BCUT2D eigenvalue weighted by Crippen LogP contribution is -1.97. The Labute approximate surface area is 63.5 Å². The maximum Gasteiger partial charge on any atom is 0.295 e. The molecule has 0 amide bonds. The minimum absolute atomic E-state index is 0.671. The van der Waals surface area contributed by atoms with Crippen LogP contribution in [-0.4, -0.2) is 5.09 Å². The zero-order chi connectivity index (χ0) is 8.10. The molecule has 0 atom stereocenters. The van der Waals surface area contributed by atoms with Crippen molar-refractivity contribution in [2.45, 2.75) is 0 Å². The Hall–Kier alpha value is -1.58. The molecule has 0 aliphatic heterocycles. The zero-order valence-electron chi connectivity index (χ0n) is 5.64. The van der Waals surface area contributed by atoms with Gasteiger partial charge in [0, 0.05) is 0 Å². The van der Waals surface area contributed by atoms with Gasteiger partial charge in [-0.1, -0.05) is 30.3 Å². The molecule has 0 unspecified atom stereocenters. The standard InChI is InChI=1S/C7H6NO3/c9-8(10)11-6-7-4-2-1-3-5-7/h1-6H. The molecule has 0 saturated heterocycles. The van der Waals surface area contributed by atoms with Crippen molar-refractivity contribution in [1.82, 2.24) is 0 Å². The van der Waals surface area contributed by atoms with Crippen LogP contribution in [0.15, 0.2) is 30.3 Å². The molecule has 0 bridgehead atoms. The van der Waals surface area contributed by atoms with E-state index in [0.29, 0.717) is 5.56 Å². The number of hydrogen-bond acceptors (Lipinski definition) is 3. The highest BCUT2D eigenvalue weighted by atomic mass is 16.9. The second-order valence-corrected chi connectivity index (χ2v) is 1.86. The van der Waals surface area contributed by atoms with Gasteiger partial charge in [-0.3, -0.25) is 0 Å². The van der Waals surface area contributed by atoms with E-state index in [4.69, 9.17) is 0 Å². The highest BCUT2D eigenvalue weighted by Gasteiger charge is 1.95. The van der Waals surface area contributed by atoms with E-state index in [-0.39, 0.29) is 0 Å². The Bertz CT molecular complexity index is 235. The molecule has 1 aromatic rings. The van der Waals surface area contributed by atoms with Crippen molar-refractivity contribution in [3.63, 3.8) is 0 Å². The Morgan fingerprint density at radius 1 is 1.36 bits per heavy atom. The van der Waals surface area contributed by atoms with E-state index in [1.54, 1.807) is 24.3 Å². The predicted molar refractivity (Wildman–Crippen MR) is 37.9 cm³/mol. The molecule has 4 heteroatoms. The van der Waals surface area contributed by atoms with E-state index in [9.17, 15) is 10.1 Å². The van der Waals surface area contributed by atoms with Crippen LogP contribution in [0.5, 0.6) is 0 Å². The van der Waals surface area contributed by atoms with Gasteiger partial charge >= 0.3 is 0 Å². The molecule has 4 nitrogen and oxygen atoms in total. The second-order valence-electron chi connectivity index (χ2n) is 1.86. The summed E-state index contributed by atoms with van der Waals surface area (Å²) in [6, 6.07) is 8.79. The normalized spacial score (nSPS) is 9.09. The monoisotopic (exact) mass is 152 g/mol. The van der Waals surface area contributed by atoms with Gasteiger partial charge in [-0.25, -0.2) is 0 Å². The number of hydrogen-bond donors (Lipinski definition) is 0. The topological polar surface area (TPSA) is 52.4 Å². The molecule has 0 saturated carbocycles. The van der Waals surface area contributed by atoms with Crippen LogP contribution >= 0.6 is 0 Å². The van der Waals surface area contributed by atoms with Crippen LogP contribution in [0, 0.1) is 16.7 Å². The summed E-state index contributed by atoms with van der Waals surface area (Å²) in [7, 11) is 0. The van der Waals surface area contributed by atoms with E-state index in [1.807, 2.05) is 6.07 Å². The molecule has 0 aromatic heterocycles. The molecular weight excluding hydrogens is 146 g/mol. The van der Waals surface area contributed by atoms with Crippen LogP contribution in [0.4, 0.5) is 0 Å². The molecule has 0 heterocycles. The van der Waals surface area contributed by atoms with Gasteiger partial charge < -0.3 is 4.84 Å². The first-order valence-electron chi connectivity index (χ1n) is 2.98. The van der Waals surface area contributed by atoms with Crippen LogP contribution in [0.3, 0.4) is 0 Å². The Kier molecular flexibility index (Phi) is 2.43. The van der Waals surface area contributed by atoms with Crippen LogP contribution in [0.1, 0.15) is 5.56 Å². The van der Waals surface area contributed by atoms with Crippen LogP contribution in [-0.2, 0) is 4.84 Å². The lowest BCUT2D eigenvalue weighted by atomic mass is 10.2. The van der Waals surface area contributed by atoms with Crippen LogP contribution in [0.2, 0.25) is 0 Å². The largest absolute Gasteiger partial charge is 0.303 e.